The number of carbonyl (C=O) groups excluding carboxylic acids is 1. The molecule has 0 spiro atoms. The minimum Gasteiger partial charge on any atom is -0.350 e. The zero-order chi connectivity index (χ0) is 14.7. The first-order valence-electron chi connectivity index (χ1n) is 5.93. The third-order valence-electron chi connectivity index (χ3n) is 2.52. The Morgan fingerprint density at radius 1 is 1.45 bits per heavy atom. The summed E-state index contributed by atoms with van der Waals surface area (Å²) in [5.41, 5.74) is 0.287. The number of nitrogens with zero attached hydrogens (tertiary/aromatic N) is 4. The third-order valence-corrected chi connectivity index (χ3v) is 2.52. The van der Waals surface area contributed by atoms with E-state index in [-0.39, 0.29) is 28.9 Å². The summed E-state index contributed by atoms with van der Waals surface area (Å²) in [7, 11) is 0. The SMILES string of the molecule is CC(C)NC(=O)c1ccc(-n2cncn2)c([N+](=O)[O-])c1. The Morgan fingerprint density at radius 2 is 2.20 bits per heavy atom. The monoisotopic (exact) mass is 275 g/mol. The first-order chi connectivity index (χ1) is 9.49. The second-order valence-corrected chi connectivity index (χ2v) is 4.43. The van der Waals surface area contributed by atoms with Crippen LogP contribution in [0.3, 0.4) is 0 Å². The molecule has 0 radical (unpaired) electrons. The van der Waals surface area contributed by atoms with Crippen LogP contribution in [0.4, 0.5) is 5.69 Å². The molecule has 2 rings (SSSR count). The van der Waals surface area contributed by atoms with Gasteiger partial charge < -0.3 is 5.32 Å². The van der Waals surface area contributed by atoms with E-state index >= 15 is 0 Å². The van der Waals surface area contributed by atoms with E-state index in [0.717, 1.165) is 0 Å². The molecule has 1 heterocycles. The van der Waals surface area contributed by atoms with Crippen molar-refractivity contribution in [3.8, 4) is 5.69 Å². The van der Waals surface area contributed by atoms with Crippen molar-refractivity contribution < 1.29 is 9.72 Å². The van der Waals surface area contributed by atoms with Gasteiger partial charge >= 0.3 is 0 Å². The van der Waals surface area contributed by atoms with Crippen LogP contribution in [0.5, 0.6) is 0 Å². The normalized spacial score (nSPS) is 10.6. The van der Waals surface area contributed by atoms with Crippen molar-refractivity contribution in [1.29, 1.82) is 0 Å². The van der Waals surface area contributed by atoms with Gasteiger partial charge in [-0.15, -0.1) is 0 Å². The van der Waals surface area contributed by atoms with Crippen LogP contribution in [0.15, 0.2) is 30.9 Å². The van der Waals surface area contributed by atoms with Gasteiger partial charge in [-0.2, -0.15) is 5.10 Å². The number of hydrogen-bond donors (Lipinski definition) is 1. The van der Waals surface area contributed by atoms with E-state index in [1.165, 1.54) is 35.5 Å². The maximum Gasteiger partial charge on any atom is 0.295 e. The molecule has 0 saturated heterocycles. The second kappa shape index (κ2) is 5.47. The largest absolute Gasteiger partial charge is 0.350 e. The first-order valence-corrected chi connectivity index (χ1v) is 5.93. The highest BCUT2D eigenvalue weighted by Crippen LogP contribution is 2.23. The molecular weight excluding hydrogens is 262 g/mol. The molecule has 1 amide bonds. The van der Waals surface area contributed by atoms with E-state index < -0.39 is 4.92 Å². The lowest BCUT2D eigenvalue weighted by atomic mass is 10.1. The fourth-order valence-corrected chi connectivity index (χ4v) is 1.68. The van der Waals surface area contributed by atoms with Crippen LogP contribution >= 0.6 is 0 Å². The highest BCUT2D eigenvalue weighted by Gasteiger charge is 2.19. The van der Waals surface area contributed by atoms with Gasteiger partial charge in [-0.25, -0.2) is 9.67 Å². The molecule has 0 aliphatic carbocycles. The molecule has 1 N–H and O–H groups in total. The molecule has 8 heteroatoms. The smallest absolute Gasteiger partial charge is 0.295 e. The predicted octanol–water partition coefficient (Wildman–Crippen LogP) is 1.31. The average Bonchev–Trinajstić information content (AvgIpc) is 2.90. The highest BCUT2D eigenvalue weighted by molar-refractivity contribution is 5.95. The number of carbonyl (C=O) groups is 1. The number of nitro benzene ring substituents is 1. The van der Waals surface area contributed by atoms with Crippen molar-refractivity contribution in [2.45, 2.75) is 19.9 Å². The lowest BCUT2D eigenvalue weighted by Crippen LogP contribution is -2.30. The molecular formula is C12H13N5O3. The molecule has 8 nitrogen and oxygen atoms in total. The van der Waals surface area contributed by atoms with E-state index in [1.807, 2.05) is 13.8 Å². The van der Waals surface area contributed by atoms with Crippen LogP contribution in [0, 0.1) is 10.1 Å². The van der Waals surface area contributed by atoms with E-state index in [1.54, 1.807) is 0 Å². The van der Waals surface area contributed by atoms with Gasteiger partial charge in [0.15, 0.2) is 0 Å². The quantitative estimate of drug-likeness (QED) is 0.669. The van der Waals surface area contributed by atoms with Gasteiger partial charge in [0.1, 0.15) is 18.3 Å². The maximum atomic E-state index is 11.9. The summed E-state index contributed by atoms with van der Waals surface area (Å²) in [5, 5.41) is 17.7. The third kappa shape index (κ3) is 2.79. The van der Waals surface area contributed by atoms with Crippen molar-refractivity contribution in [1.82, 2.24) is 20.1 Å². The summed E-state index contributed by atoms with van der Waals surface area (Å²) in [5.74, 6) is -0.353. The number of rotatable bonds is 4. The number of nitrogens with one attached hydrogen (secondary N) is 1. The Hall–Kier alpha value is -2.77. The average molecular weight is 275 g/mol. The summed E-state index contributed by atoms with van der Waals surface area (Å²) in [4.78, 5) is 26.2. The molecule has 0 aliphatic rings. The van der Waals surface area contributed by atoms with Gasteiger partial charge in [0.05, 0.1) is 4.92 Å². The second-order valence-electron chi connectivity index (χ2n) is 4.43. The number of benzene rings is 1. The molecule has 1 aromatic heterocycles. The van der Waals surface area contributed by atoms with Crippen LogP contribution in [0.25, 0.3) is 5.69 Å². The first kappa shape index (κ1) is 13.7. The zero-order valence-electron chi connectivity index (χ0n) is 11.0. The van der Waals surface area contributed by atoms with Gasteiger partial charge in [0.25, 0.3) is 11.6 Å². The highest BCUT2D eigenvalue weighted by atomic mass is 16.6. The van der Waals surface area contributed by atoms with Gasteiger partial charge in [-0.3, -0.25) is 14.9 Å². The summed E-state index contributed by atoms with van der Waals surface area (Å²) < 4.78 is 1.28. The summed E-state index contributed by atoms with van der Waals surface area (Å²) in [6.07, 6.45) is 2.64. The standard InChI is InChI=1S/C12H13N5O3/c1-8(2)15-12(18)9-3-4-10(11(5-9)17(19)20)16-7-13-6-14-16/h3-8H,1-2H3,(H,15,18). The molecule has 1 aromatic carbocycles. The van der Waals surface area contributed by atoms with Crippen molar-refractivity contribution in [3.05, 3.63) is 46.5 Å². The Labute approximate surface area is 114 Å². The van der Waals surface area contributed by atoms with Gasteiger partial charge in [-0.1, -0.05) is 0 Å². The molecule has 104 valence electrons. The lowest BCUT2D eigenvalue weighted by molar-refractivity contribution is -0.384. The topological polar surface area (TPSA) is 103 Å². The Kier molecular flexibility index (Phi) is 3.74. The molecule has 0 fully saturated rings. The molecule has 0 atom stereocenters. The van der Waals surface area contributed by atoms with Gasteiger partial charge in [-0.05, 0) is 26.0 Å². The molecule has 0 unspecified atom stereocenters. The van der Waals surface area contributed by atoms with Crippen LogP contribution < -0.4 is 5.32 Å². The lowest BCUT2D eigenvalue weighted by Gasteiger charge is -2.09. The number of nitro groups is 1. The molecule has 0 saturated carbocycles. The fraction of sp³-hybridized carbons (Fsp3) is 0.250. The molecule has 20 heavy (non-hydrogen) atoms. The Bertz CT molecular complexity index is 637. The Balaban J connectivity index is 2.43. The van der Waals surface area contributed by atoms with Gasteiger partial charge in [0, 0.05) is 17.7 Å². The summed E-state index contributed by atoms with van der Waals surface area (Å²) in [6.45, 7) is 3.63. The fourth-order valence-electron chi connectivity index (χ4n) is 1.68. The zero-order valence-corrected chi connectivity index (χ0v) is 11.0. The van der Waals surface area contributed by atoms with Crippen LogP contribution in [-0.2, 0) is 0 Å². The molecule has 0 aliphatic heterocycles. The number of aromatic nitrogens is 3. The van der Waals surface area contributed by atoms with Crippen LogP contribution in [-0.4, -0.2) is 31.6 Å². The van der Waals surface area contributed by atoms with E-state index in [0.29, 0.717) is 0 Å². The van der Waals surface area contributed by atoms with Crippen LogP contribution in [0.2, 0.25) is 0 Å². The summed E-state index contributed by atoms with van der Waals surface area (Å²) >= 11 is 0. The van der Waals surface area contributed by atoms with E-state index in [2.05, 4.69) is 15.4 Å². The van der Waals surface area contributed by atoms with Crippen molar-refractivity contribution in [2.24, 2.45) is 0 Å². The summed E-state index contributed by atoms with van der Waals surface area (Å²) in [6, 6.07) is 4.18. The molecule has 2 aromatic rings. The minimum absolute atomic E-state index is 0.0449. The Morgan fingerprint density at radius 3 is 2.75 bits per heavy atom. The maximum absolute atomic E-state index is 11.9. The molecule has 0 bridgehead atoms. The van der Waals surface area contributed by atoms with E-state index in [9.17, 15) is 14.9 Å². The number of hydrogen-bond acceptors (Lipinski definition) is 5. The predicted molar refractivity (Wildman–Crippen MR) is 70.6 cm³/mol. The number of amides is 1. The van der Waals surface area contributed by atoms with Gasteiger partial charge in [0.2, 0.25) is 0 Å². The van der Waals surface area contributed by atoms with Crippen molar-refractivity contribution in [2.75, 3.05) is 0 Å². The minimum atomic E-state index is -0.552. The van der Waals surface area contributed by atoms with Crippen molar-refractivity contribution in [3.63, 3.8) is 0 Å². The van der Waals surface area contributed by atoms with Crippen LogP contribution in [0.1, 0.15) is 24.2 Å². The van der Waals surface area contributed by atoms with Crippen molar-refractivity contribution >= 4 is 11.6 Å². The van der Waals surface area contributed by atoms with E-state index in [4.69, 9.17) is 0 Å².